The molecular formula is C62H77N5O7. The number of anilines is 1. The van der Waals surface area contributed by atoms with E-state index >= 15 is 0 Å². The van der Waals surface area contributed by atoms with Gasteiger partial charge in [0.25, 0.3) is 5.56 Å². The lowest BCUT2D eigenvalue weighted by Crippen LogP contribution is -2.44. The van der Waals surface area contributed by atoms with E-state index in [-0.39, 0.29) is 41.8 Å². The molecule has 74 heavy (non-hydrogen) atoms. The number of carbonyl (C=O) groups is 3. The molecule has 392 valence electrons. The maximum Gasteiger partial charge on any atom is 0.343 e. The first-order valence-electron chi connectivity index (χ1n) is 28.1. The van der Waals surface area contributed by atoms with Gasteiger partial charge in [-0.05, 0) is 175 Å². The number of rotatable bonds is 16. The van der Waals surface area contributed by atoms with Gasteiger partial charge in [0.2, 0.25) is 0 Å². The first-order chi connectivity index (χ1) is 35.6. The Balaban J connectivity index is 0.655. The molecule has 7 aliphatic rings. The number of allylic oxidation sites excluding steroid dienone is 4. The highest BCUT2D eigenvalue weighted by Crippen LogP contribution is 2.66. The lowest BCUT2D eigenvalue weighted by Gasteiger charge is -2.52. The van der Waals surface area contributed by atoms with Crippen molar-refractivity contribution in [3.63, 3.8) is 0 Å². The van der Waals surface area contributed by atoms with Gasteiger partial charge in [-0.25, -0.2) is 9.78 Å². The van der Waals surface area contributed by atoms with Crippen LogP contribution in [0.3, 0.4) is 0 Å². The van der Waals surface area contributed by atoms with Crippen LogP contribution < -0.4 is 15.2 Å². The Morgan fingerprint density at radius 1 is 0.919 bits per heavy atom. The summed E-state index contributed by atoms with van der Waals surface area (Å²) in [6.07, 6.45) is 17.0. The summed E-state index contributed by atoms with van der Waals surface area (Å²) in [6.45, 7) is 11.1. The number of piperidine rings is 1. The van der Waals surface area contributed by atoms with E-state index in [1.54, 1.807) is 23.1 Å². The predicted molar refractivity (Wildman–Crippen MR) is 289 cm³/mol. The second kappa shape index (κ2) is 20.3. The van der Waals surface area contributed by atoms with Crippen LogP contribution in [0.25, 0.3) is 22.3 Å². The first kappa shape index (κ1) is 50.7. The zero-order valence-electron chi connectivity index (χ0n) is 44.8. The first-order valence-corrected chi connectivity index (χ1v) is 28.1. The normalized spacial score (nSPS) is 26.5. The summed E-state index contributed by atoms with van der Waals surface area (Å²) in [5, 5.41) is 12.3. The Morgan fingerprint density at radius 2 is 1.69 bits per heavy atom. The van der Waals surface area contributed by atoms with E-state index in [0.29, 0.717) is 65.6 Å². The van der Waals surface area contributed by atoms with E-state index in [4.69, 9.17) is 14.5 Å². The fourth-order valence-electron chi connectivity index (χ4n) is 15.0. The Morgan fingerprint density at radius 3 is 2.45 bits per heavy atom. The molecule has 0 spiro atoms. The van der Waals surface area contributed by atoms with Gasteiger partial charge in [0.15, 0.2) is 11.4 Å². The van der Waals surface area contributed by atoms with E-state index in [9.17, 15) is 24.3 Å². The third-order valence-corrected chi connectivity index (χ3v) is 19.0. The molecule has 2 aromatic carbocycles. The maximum absolute atomic E-state index is 13.8. The third-order valence-electron chi connectivity index (χ3n) is 19.0. The molecule has 3 fully saturated rings. The standard InChI is InChI=1S/C62H77N5O7/c1-7-62(72)53-33-55-58-41(35-67(55)59(70)50(53)37-73-60(62)71)32-47-49(36-64(4)5)56(24-23-54(47)63-58)74-44-25-29-66(30-26-44)28-12-10-8-9-11-27-65(6)42-16-13-39(14-17-42)48-34-61(3)51(38(2)68)21-22-52(61)46-19-15-40-31-43(69)18-20-45(40)57(46)48/h13-14,16-17,23-24,31-33,44,46,48,51-52,72H,7-12,15,18-22,25-30,34-37H2,1-6H3/t46?,48-,51-,52?,61-,62+/m1/s1. The van der Waals surface area contributed by atoms with Gasteiger partial charge in [0, 0.05) is 79.2 Å². The van der Waals surface area contributed by atoms with Crippen LogP contribution in [0.2, 0.25) is 0 Å². The Bertz CT molecular complexity index is 3000. The van der Waals surface area contributed by atoms with Crippen molar-refractivity contribution < 1.29 is 29.0 Å². The van der Waals surface area contributed by atoms with E-state index in [1.807, 2.05) is 25.1 Å². The molecule has 2 aromatic heterocycles. The number of cyclic esters (lactones) is 1. The minimum Gasteiger partial charge on any atom is -0.490 e. The van der Waals surface area contributed by atoms with Crippen molar-refractivity contribution in [2.75, 3.05) is 52.2 Å². The molecule has 0 amide bonds. The van der Waals surface area contributed by atoms with Crippen LogP contribution in [-0.2, 0) is 44.4 Å². The van der Waals surface area contributed by atoms with Gasteiger partial charge in [-0.3, -0.25) is 14.4 Å². The molecule has 4 aliphatic carbocycles. The molecule has 1 saturated heterocycles. The molecule has 3 aliphatic heterocycles. The number of fused-ring (bicyclic) bond motifs is 9. The van der Waals surface area contributed by atoms with Crippen molar-refractivity contribution >= 4 is 34.1 Å². The van der Waals surface area contributed by atoms with Crippen LogP contribution in [0.15, 0.2) is 76.1 Å². The average molecular weight is 1000 g/mol. The quantitative estimate of drug-likeness (QED) is 0.0748. The summed E-state index contributed by atoms with van der Waals surface area (Å²) in [5.74, 6) is 2.31. The van der Waals surface area contributed by atoms with E-state index in [2.05, 4.69) is 73.1 Å². The molecule has 5 heterocycles. The molecule has 12 heteroatoms. The van der Waals surface area contributed by atoms with Crippen LogP contribution >= 0.6 is 0 Å². The average Bonchev–Trinajstić information content (AvgIpc) is 3.99. The molecule has 6 atom stereocenters. The summed E-state index contributed by atoms with van der Waals surface area (Å²) in [6, 6.07) is 17.4. The minimum absolute atomic E-state index is 0.0227. The zero-order chi connectivity index (χ0) is 51.6. The highest BCUT2D eigenvalue weighted by Gasteiger charge is 2.57. The summed E-state index contributed by atoms with van der Waals surface area (Å²) < 4.78 is 13.8. The fraction of sp³-hybridized carbons (Fsp3) is 0.565. The number of carbonyl (C=O) groups excluding carboxylic acids is 3. The highest BCUT2D eigenvalue weighted by atomic mass is 16.6. The van der Waals surface area contributed by atoms with Crippen LogP contribution in [-0.4, -0.2) is 95.4 Å². The number of aliphatic hydroxyl groups is 1. The monoisotopic (exact) mass is 1000 g/mol. The molecule has 2 saturated carbocycles. The lowest BCUT2D eigenvalue weighted by molar-refractivity contribution is -0.172. The van der Waals surface area contributed by atoms with E-state index in [0.717, 1.165) is 105 Å². The number of hydrogen-bond acceptors (Lipinski definition) is 11. The molecule has 1 N–H and O–H groups in total. The van der Waals surface area contributed by atoms with Gasteiger partial charge >= 0.3 is 5.97 Å². The van der Waals surface area contributed by atoms with Crippen molar-refractivity contribution in [1.82, 2.24) is 19.4 Å². The Labute approximate surface area is 437 Å². The second-order valence-corrected chi connectivity index (χ2v) is 23.7. The number of unbranched alkanes of at least 4 members (excludes halogenated alkanes) is 4. The number of pyridine rings is 2. The Kier molecular flexibility index (Phi) is 13.9. The van der Waals surface area contributed by atoms with Gasteiger partial charge in [-0.1, -0.05) is 50.8 Å². The highest BCUT2D eigenvalue weighted by molar-refractivity contribution is 5.93. The number of nitrogens with zero attached hydrogens (tertiary/aromatic N) is 5. The largest absolute Gasteiger partial charge is 0.490 e. The summed E-state index contributed by atoms with van der Waals surface area (Å²) >= 11 is 0. The number of likely N-dealkylation sites (tertiary alicyclic amines) is 1. The van der Waals surface area contributed by atoms with Crippen LogP contribution in [0, 0.1) is 23.2 Å². The number of Topliss-reactive ketones (excluding diaryl/α,β-unsaturated/α-hetero) is 1. The molecule has 0 bridgehead atoms. The van der Waals surface area contributed by atoms with E-state index in [1.165, 1.54) is 54.5 Å². The summed E-state index contributed by atoms with van der Waals surface area (Å²) in [5.41, 5.74) is 9.70. The van der Waals surface area contributed by atoms with Crippen molar-refractivity contribution in [3.8, 4) is 17.1 Å². The minimum atomic E-state index is -1.86. The predicted octanol–water partition coefficient (Wildman–Crippen LogP) is 10.2. The van der Waals surface area contributed by atoms with Gasteiger partial charge < -0.3 is 33.8 Å². The number of ketones is 2. The Hall–Kier alpha value is -5.43. The smallest absolute Gasteiger partial charge is 0.343 e. The second-order valence-electron chi connectivity index (χ2n) is 23.7. The SMILES string of the molecule is CC[C@@]1(O)C(=O)OCc2c1cc1n(c2=O)Cc2cc3c(CN(C)C)c(OC4CCN(CCCCCCCN(C)c5ccc([C@H]6C[C@@]7(C)C(CC[C@@H]7C(C)=O)C7CCC8=CC(=O)CCC8=C76)cc5)CC4)ccc3nc2-1. The van der Waals surface area contributed by atoms with Crippen LogP contribution in [0.5, 0.6) is 5.75 Å². The number of hydrogen-bond donors (Lipinski definition) is 1. The van der Waals surface area contributed by atoms with Gasteiger partial charge in [0.1, 0.15) is 24.2 Å². The number of ether oxygens (including phenoxy) is 2. The van der Waals surface area contributed by atoms with Crippen molar-refractivity contribution in [2.45, 2.75) is 154 Å². The maximum atomic E-state index is 13.8. The van der Waals surface area contributed by atoms with Crippen molar-refractivity contribution in [2.24, 2.45) is 23.2 Å². The zero-order valence-corrected chi connectivity index (χ0v) is 44.8. The molecule has 11 rings (SSSR count). The number of benzene rings is 2. The van der Waals surface area contributed by atoms with Crippen LogP contribution in [0.1, 0.15) is 151 Å². The molecule has 2 unspecified atom stereocenters. The van der Waals surface area contributed by atoms with Gasteiger partial charge in [-0.2, -0.15) is 0 Å². The summed E-state index contributed by atoms with van der Waals surface area (Å²) in [7, 11) is 6.34. The van der Waals surface area contributed by atoms with Gasteiger partial charge in [-0.15, -0.1) is 0 Å². The van der Waals surface area contributed by atoms with Gasteiger partial charge in [0.05, 0.1) is 29.0 Å². The molecule has 0 radical (unpaired) electrons. The lowest BCUT2D eigenvalue weighted by atomic mass is 9.51. The third kappa shape index (κ3) is 9.08. The number of esters is 1. The van der Waals surface area contributed by atoms with Crippen molar-refractivity contribution in [3.05, 3.63) is 109 Å². The molecular weight excluding hydrogens is 927 g/mol. The summed E-state index contributed by atoms with van der Waals surface area (Å²) in [4.78, 5) is 64.3. The van der Waals surface area contributed by atoms with Crippen molar-refractivity contribution in [1.29, 1.82) is 0 Å². The van der Waals surface area contributed by atoms with Crippen LogP contribution in [0.4, 0.5) is 5.69 Å². The number of aromatic nitrogens is 2. The molecule has 4 aromatic rings. The fourth-order valence-corrected chi connectivity index (χ4v) is 15.0. The topological polar surface area (TPSA) is 135 Å². The van der Waals surface area contributed by atoms with E-state index < -0.39 is 11.6 Å². The molecule has 12 nitrogen and oxygen atoms in total.